The minimum atomic E-state index is 0.109. The van der Waals surface area contributed by atoms with Crippen molar-refractivity contribution in [2.75, 3.05) is 0 Å². The Kier molecular flexibility index (Phi) is 3.52. The predicted octanol–water partition coefficient (Wildman–Crippen LogP) is 1.67. The highest BCUT2D eigenvalue weighted by molar-refractivity contribution is 7.99. The van der Waals surface area contributed by atoms with E-state index in [1.54, 1.807) is 0 Å². The highest BCUT2D eigenvalue weighted by Gasteiger charge is 2.07. The number of nitrogens with zero attached hydrogens (tertiary/aromatic N) is 3. The molecule has 0 atom stereocenters. The second kappa shape index (κ2) is 5.09. The van der Waals surface area contributed by atoms with Crippen LogP contribution in [0.4, 0.5) is 0 Å². The van der Waals surface area contributed by atoms with E-state index in [-0.39, 0.29) is 5.84 Å². The van der Waals surface area contributed by atoms with E-state index in [9.17, 15) is 0 Å². The highest BCUT2D eigenvalue weighted by atomic mass is 32.2. The molecule has 0 saturated heterocycles. The van der Waals surface area contributed by atoms with Crippen molar-refractivity contribution in [3.8, 4) is 0 Å². The molecule has 1 heterocycles. The first-order chi connectivity index (χ1) is 8.60. The lowest BCUT2D eigenvalue weighted by Crippen LogP contribution is -2.14. The van der Waals surface area contributed by atoms with Crippen molar-refractivity contribution in [2.24, 2.45) is 10.9 Å². The molecule has 2 rings (SSSR count). The Hall–Kier alpha value is -2.02. The van der Waals surface area contributed by atoms with Crippen LogP contribution in [0.2, 0.25) is 0 Å². The first-order valence-electron chi connectivity index (χ1n) is 5.25. The maximum atomic E-state index is 8.65. The fourth-order valence-corrected chi connectivity index (χ4v) is 2.37. The maximum Gasteiger partial charge on any atom is 0.213 e. The van der Waals surface area contributed by atoms with E-state index in [1.165, 1.54) is 11.8 Å². The lowest BCUT2D eigenvalue weighted by Gasteiger charge is -2.05. The number of oxime groups is 1. The van der Waals surface area contributed by atoms with Gasteiger partial charge in [-0.1, -0.05) is 5.16 Å². The summed E-state index contributed by atoms with van der Waals surface area (Å²) in [6.45, 7) is 3.75. The molecule has 0 aliphatic carbocycles. The second-order valence-electron chi connectivity index (χ2n) is 3.77. The molecule has 1 aromatic heterocycles. The minimum absolute atomic E-state index is 0.109. The summed E-state index contributed by atoms with van der Waals surface area (Å²) in [5.74, 6) is 0.889. The van der Waals surface area contributed by atoms with Gasteiger partial charge in [0.05, 0.1) is 0 Å². The van der Waals surface area contributed by atoms with Crippen molar-refractivity contribution in [1.82, 2.24) is 15.2 Å². The van der Waals surface area contributed by atoms with Crippen molar-refractivity contribution < 1.29 is 5.21 Å². The van der Waals surface area contributed by atoms with Gasteiger partial charge in [-0.25, -0.2) is 4.98 Å². The summed E-state index contributed by atoms with van der Waals surface area (Å²) >= 11 is 1.45. The smallest absolute Gasteiger partial charge is 0.213 e. The molecule has 7 heteroatoms. The predicted molar refractivity (Wildman–Crippen MR) is 68.9 cm³/mol. The molecule has 0 aliphatic heterocycles. The molecular weight excluding hydrogens is 250 g/mol. The summed E-state index contributed by atoms with van der Waals surface area (Å²) in [4.78, 5) is 5.22. The van der Waals surface area contributed by atoms with Gasteiger partial charge in [0.2, 0.25) is 5.16 Å². The molecule has 0 radical (unpaired) electrons. The number of H-pyrrole nitrogens is 1. The lowest BCUT2D eigenvalue weighted by molar-refractivity contribution is 0.318. The molecule has 0 saturated carbocycles. The van der Waals surface area contributed by atoms with Crippen molar-refractivity contribution in [3.05, 3.63) is 35.2 Å². The topological polar surface area (TPSA) is 100 Å². The standard InChI is InChI=1S/C11H13N5OS/c1-6-5-8(3-4-9(6)10(12)16-17)18-11-13-7(2)14-15-11/h3-5,17H,1-2H3,(H2,12,16)(H,13,14,15). The lowest BCUT2D eigenvalue weighted by atomic mass is 10.1. The average Bonchev–Trinajstić information content (AvgIpc) is 2.74. The van der Waals surface area contributed by atoms with E-state index >= 15 is 0 Å². The van der Waals surface area contributed by atoms with Crippen molar-refractivity contribution in [2.45, 2.75) is 23.9 Å². The van der Waals surface area contributed by atoms with Gasteiger partial charge >= 0.3 is 0 Å². The largest absolute Gasteiger partial charge is 0.409 e. The number of amidine groups is 1. The van der Waals surface area contributed by atoms with E-state index in [0.717, 1.165) is 16.3 Å². The SMILES string of the molecule is Cc1nc(Sc2ccc(/C(N)=N/O)c(C)c2)n[nH]1. The summed E-state index contributed by atoms with van der Waals surface area (Å²) < 4.78 is 0. The van der Waals surface area contributed by atoms with E-state index in [1.807, 2.05) is 32.0 Å². The van der Waals surface area contributed by atoms with Crippen LogP contribution in [0.3, 0.4) is 0 Å². The molecule has 0 aliphatic rings. The van der Waals surface area contributed by atoms with Crippen LogP contribution in [0.15, 0.2) is 33.4 Å². The Balaban J connectivity index is 2.24. The number of benzene rings is 1. The summed E-state index contributed by atoms with van der Waals surface area (Å²) in [6, 6.07) is 5.65. The summed E-state index contributed by atoms with van der Waals surface area (Å²) in [6.07, 6.45) is 0. The third kappa shape index (κ3) is 2.62. The van der Waals surface area contributed by atoms with Crippen LogP contribution in [0.25, 0.3) is 0 Å². The molecular formula is C11H13N5OS. The zero-order valence-corrected chi connectivity index (χ0v) is 10.8. The van der Waals surface area contributed by atoms with Gasteiger partial charge in [0.15, 0.2) is 5.84 Å². The number of nitrogens with one attached hydrogen (secondary N) is 1. The highest BCUT2D eigenvalue weighted by Crippen LogP contribution is 2.26. The van der Waals surface area contributed by atoms with Gasteiger partial charge in [-0.2, -0.15) is 0 Å². The van der Waals surface area contributed by atoms with Crippen molar-refractivity contribution in [3.63, 3.8) is 0 Å². The first-order valence-corrected chi connectivity index (χ1v) is 6.07. The normalized spacial score (nSPS) is 11.8. The van der Waals surface area contributed by atoms with Gasteiger partial charge in [-0.15, -0.1) is 5.10 Å². The van der Waals surface area contributed by atoms with E-state index in [2.05, 4.69) is 20.3 Å². The van der Waals surface area contributed by atoms with Gasteiger partial charge in [-0.05, 0) is 49.4 Å². The third-order valence-electron chi connectivity index (χ3n) is 2.37. The Labute approximate surface area is 108 Å². The Morgan fingerprint density at radius 2 is 2.22 bits per heavy atom. The number of rotatable bonds is 3. The van der Waals surface area contributed by atoms with Crippen LogP contribution in [0, 0.1) is 13.8 Å². The van der Waals surface area contributed by atoms with E-state index in [4.69, 9.17) is 10.9 Å². The van der Waals surface area contributed by atoms with Crippen LogP contribution < -0.4 is 5.73 Å². The molecule has 94 valence electrons. The van der Waals surface area contributed by atoms with Crippen molar-refractivity contribution in [1.29, 1.82) is 0 Å². The van der Waals surface area contributed by atoms with Crippen LogP contribution in [0.5, 0.6) is 0 Å². The van der Waals surface area contributed by atoms with Gasteiger partial charge in [0.1, 0.15) is 5.82 Å². The molecule has 0 fully saturated rings. The summed E-state index contributed by atoms with van der Waals surface area (Å²) in [7, 11) is 0. The van der Waals surface area contributed by atoms with Gasteiger partial charge < -0.3 is 10.9 Å². The zero-order chi connectivity index (χ0) is 13.1. The molecule has 0 amide bonds. The van der Waals surface area contributed by atoms with Gasteiger partial charge in [-0.3, -0.25) is 5.10 Å². The molecule has 0 bridgehead atoms. The zero-order valence-electron chi connectivity index (χ0n) is 10.0. The van der Waals surface area contributed by atoms with Gasteiger partial charge in [0.25, 0.3) is 0 Å². The van der Waals surface area contributed by atoms with Crippen LogP contribution in [-0.4, -0.2) is 26.2 Å². The van der Waals surface area contributed by atoms with Crippen molar-refractivity contribution >= 4 is 17.6 Å². The van der Waals surface area contributed by atoms with Crippen LogP contribution in [-0.2, 0) is 0 Å². The van der Waals surface area contributed by atoms with E-state index < -0.39 is 0 Å². The van der Waals surface area contributed by atoms with Crippen LogP contribution >= 0.6 is 11.8 Å². The van der Waals surface area contributed by atoms with Crippen LogP contribution in [0.1, 0.15) is 17.0 Å². The number of hydrogen-bond donors (Lipinski definition) is 3. The third-order valence-corrected chi connectivity index (χ3v) is 3.22. The number of aryl methyl sites for hydroxylation is 2. The second-order valence-corrected chi connectivity index (χ2v) is 4.81. The first kappa shape index (κ1) is 12.4. The number of nitrogens with two attached hydrogens (primary N) is 1. The minimum Gasteiger partial charge on any atom is -0.409 e. The Morgan fingerprint density at radius 3 is 2.78 bits per heavy atom. The van der Waals surface area contributed by atoms with E-state index in [0.29, 0.717) is 10.7 Å². The number of hydrogen-bond acceptors (Lipinski definition) is 5. The summed E-state index contributed by atoms with van der Waals surface area (Å²) in [5, 5.41) is 19.2. The quantitative estimate of drug-likeness (QED) is 0.338. The number of aromatic nitrogens is 3. The summed E-state index contributed by atoms with van der Waals surface area (Å²) in [5.41, 5.74) is 7.21. The van der Waals surface area contributed by atoms with Gasteiger partial charge in [0, 0.05) is 10.5 Å². The monoisotopic (exact) mass is 263 g/mol. The molecule has 0 spiro atoms. The average molecular weight is 263 g/mol. The molecule has 2 aromatic rings. The molecule has 4 N–H and O–H groups in total. The molecule has 0 unspecified atom stereocenters. The fourth-order valence-electron chi connectivity index (χ4n) is 1.51. The fraction of sp³-hybridized carbons (Fsp3) is 0.182. The molecule has 6 nitrogen and oxygen atoms in total. The Morgan fingerprint density at radius 1 is 1.44 bits per heavy atom. The molecule has 1 aromatic carbocycles. The maximum absolute atomic E-state index is 8.65. The number of aromatic amines is 1. The Bertz CT molecular complexity index is 593. The molecule has 18 heavy (non-hydrogen) atoms.